The van der Waals surface area contributed by atoms with E-state index in [0.29, 0.717) is 6.42 Å². The molecule has 128 valence electrons. The summed E-state index contributed by atoms with van der Waals surface area (Å²) in [6.45, 7) is 6.77. The summed E-state index contributed by atoms with van der Waals surface area (Å²) in [7, 11) is 0. The summed E-state index contributed by atoms with van der Waals surface area (Å²) in [4.78, 5) is 15.6. The van der Waals surface area contributed by atoms with Crippen molar-refractivity contribution in [2.45, 2.75) is 30.7 Å². The molecule has 0 saturated carbocycles. The fraction of sp³-hybridized carbons (Fsp3) is 0.588. The van der Waals surface area contributed by atoms with E-state index in [-0.39, 0.29) is 11.9 Å². The van der Waals surface area contributed by atoms with Crippen LogP contribution in [0.2, 0.25) is 0 Å². The van der Waals surface area contributed by atoms with Crippen molar-refractivity contribution < 1.29 is 9.53 Å². The quantitative estimate of drug-likeness (QED) is 0.680. The van der Waals surface area contributed by atoms with Gasteiger partial charge in [-0.1, -0.05) is 12.1 Å². The summed E-state index contributed by atoms with van der Waals surface area (Å²) in [6, 6.07) is 8.32. The Hall–Kier alpha value is -0.560. The second-order valence-corrected chi connectivity index (χ2v) is 7.73. The number of nitrogens with one attached hydrogen (secondary N) is 1. The van der Waals surface area contributed by atoms with E-state index in [0.717, 1.165) is 49.5 Å². The Morgan fingerprint density at radius 2 is 2.13 bits per heavy atom. The van der Waals surface area contributed by atoms with Crippen LogP contribution in [0.1, 0.15) is 19.8 Å². The number of benzene rings is 1. The van der Waals surface area contributed by atoms with Gasteiger partial charge in [-0.3, -0.25) is 9.69 Å². The van der Waals surface area contributed by atoms with Gasteiger partial charge in [0.1, 0.15) is 0 Å². The van der Waals surface area contributed by atoms with Crippen molar-refractivity contribution in [3.05, 3.63) is 28.7 Å². The topological polar surface area (TPSA) is 41.6 Å². The molecular weight excluding hydrogens is 376 g/mol. The third kappa shape index (κ3) is 7.25. The van der Waals surface area contributed by atoms with Crippen LogP contribution in [0.3, 0.4) is 0 Å². The lowest BCUT2D eigenvalue weighted by Crippen LogP contribution is -2.40. The Morgan fingerprint density at radius 1 is 1.39 bits per heavy atom. The molecule has 1 atom stereocenters. The SMILES string of the molecule is CC(CCN1CCOCC1)NC(=O)CCSc1ccccc1Br. The average molecular weight is 401 g/mol. The first-order chi connectivity index (χ1) is 11.1. The number of halogens is 1. The molecule has 1 amide bonds. The number of carbonyl (C=O) groups is 1. The molecule has 4 nitrogen and oxygen atoms in total. The predicted molar refractivity (Wildman–Crippen MR) is 99.0 cm³/mol. The third-order valence-electron chi connectivity index (χ3n) is 3.81. The Morgan fingerprint density at radius 3 is 2.87 bits per heavy atom. The van der Waals surface area contributed by atoms with E-state index in [1.54, 1.807) is 11.8 Å². The Bertz CT molecular complexity index is 495. The summed E-state index contributed by atoms with van der Waals surface area (Å²) in [5.41, 5.74) is 0. The van der Waals surface area contributed by atoms with Crippen LogP contribution in [0.25, 0.3) is 0 Å². The van der Waals surface area contributed by atoms with Gasteiger partial charge in [0.05, 0.1) is 13.2 Å². The first-order valence-electron chi connectivity index (χ1n) is 8.12. The molecule has 1 aliphatic heterocycles. The van der Waals surface area contributed by atoms with Crippen LogP contribution in [0.15, 0.2) is 33.6 Å². The maximum absolute atomic E-state index is 12.0. The Balaban J connectivity index is 1.59. The number of hydrogen-bond acceptors (Lipinski definition) is 4. The maximum atomic E-state index is 12.0. The molecule has 6 heteroatoms. The molecule has 0 aromatic heterocycles. The molecule has 1 N–H and O–H groups in total. The number of rotatable bonds is 8. The van der Waals surface area contributed by atoms with Crippen LogP contribution >= 0.6 is 27.7 Å². The highest BCUT2D eigenvalue weighted by Crippen LogP contribution is 2.27. The van der Waals surface area contributed by atoms with Crippen molar-refractivity contribution >= 4 is 33.6 Å². The summed E-state index contributed by atoms with van der Waals surface area (Å²) in [6.07, 6.45) is 1.54. The molecule has 23 heavy (non-hydrogen) atoms. The molecular formula is C17H25BrN2O2S. The van der Waals surface area contributed by atoms with Crippen LogP contribution in [-0.4, -0.2) is 55.4 Å². The molecule has 1 fully saturated rings. The minimum atomic E-state index is 0.138. The van der Waals surface area contributed by atoms with Crippen LogP contribution in [0, 0.1) is 0 Å². The maximum Gasteiger partial charge on any atom is 0.221 e. The van der Waals surface area contributed by atoms with Gasteiger partial charge in [-0.25, -0.2) is 0 Å². The Labute approximate surface area is 151 Å². The first-order valence-corrected chi connectivity index (χ1v) is 9.90. The van der Waals surface area contributed by atoms with Gasteiger partial charge in [0.15, 0.2) is 0 Å². The van der Waals surface area contributed by atoms with Crippen molar-refractivity contribution in [3.63, 3.8) is 0 Å². The standard InChI is InChI=1S/C17H25BrN2O2S/c1-14(6-8-20-9-11-22-12-10-20)19-17(21)7-13-23-16-5-3-2-4-15(16)18/h2-5,14H,6-13H2,1H3,(H,19,21). The second kappa shape index (κ2) is 10.3. The molecule has 1 aromatic rings. The van der Waals surface area contributed by atoms with E-state index in [9.17, 15) is 4.79 Å². The van der Waals surface area contributed by atoms with Gasteiger partial charge in [0, 0.05) is 47.2 Å². The van der Waals surface area contributed by atoms with E-state index in [2.05, 4.69) is 39.1 Å². The average Bonchev–Trinajstić information content (AvgIpc) is 2.56. The number of morpholine rings is 1. The molecule has 1 saturated heterocycles. The lowest BCUT2D eigenvalue weighted by molar-refractivity contribution is -0.121. The summed E-state index contributed by atoms with van der Waals surface area (Å²) < 4.78 is 6.43. The summed E-state index contributed by atoms with van der Waals surface area (Å²) in [5, 5.41) is 3.10. The van der Waals surface area contributed by atoms with E-state index >= 15 is 0 Å². The minimum absolute atomic E-state index is 0.138. The largest absolute Gasteiger partial charge is 0.379 e. The van der Waals surface area contributed by atoms with Crippen molar-refractivity contribution in [3.8, 4) is 0 Å². The van der Waals surface area contributed by atoms with Crippen molar-refractivity contribution in [1.29, 1.82) is 0 Å². The number of ether oxygens (including phenoxy) is 1. The zero-order valence-corrected chi connectivity index (χ0v) is 16.0. The lowest BCUT2D eigenvalue weighted by atomic mass is 10.2. The fourth-order valence-corrected chi connectivity index (χ4v) is 3.95. The molecule has 1 unspecified atom stereocenters. The molecule has 1 aromatic carbocycles. The minimum Gasteiger partial charge on any atom is -0.379 e. The van der Waals surface area contributed by atoms with Gasteiger partial charge in [0.2, 0.25) is 5.91 Å². The summed E-state index contributed by atoms with van der Waals surface area (Å²) in [5.74, 6) is 0.934. The van der Waals surface area contributed by atoms with Crippen LogP contribution < -0.4 is 5.32 Å². The normalized spacial score (nSPS) is 17.0. The molecule has 0 aliphatic carbocycles. The zero-order chi connectivity index (χ0) is 16.5. The number of thioether (sulfide) groups is 1. The molecule has 1 heterocycles. The lowest BCUT2D eigenvalue weighted by Gasteiger charge is -2.27. The highest BCUT2D eigenvalue weighted by Gasteiger charge is 2.13. The number of amides is 1. The first kappa shape index (κ1) is 18.8. The van der Waals surface area contributed by atoms with E-state index in [1.165, 1.54) is 4.90 Å². The molecule has 0 bridgehead atoms. The van der Waals surface area contributed by atoms with Crippen LogP contribution in [0.5, 0.6) is 0 Å². The van der Waals surface area contributed by atoms with Crippen molar-refractivity contribution in [2.24, 2.45) is 0 Å². The monoisotopic (exact) mass is 400 g/mol. The number of hydrogen-bond donors (Lipinski definition) is 1. The van der Waals surface area contributed by atoms with E-state index in [1.807, 2.05) is 18.2 Å². The molecule has 0 radical (unpaired) electrons. The third-order valence-corrected chi connectivity index (χ3v) is 5.84. The number of nitrogens with zero attached hydrogens (tertiary/aromatic N) is 1. The smallest absolute Gasteiger partial charge is 0.221 e. The van der Waals surface area contributed by atoms with Crippen molar-refractivity contribution in [2.75, 3.05) is 38.6 Å². The zero-order valence-electron chi connectivity index (χ0n) is 13.6. The second-order valence-electron chi connectivity index (χ2n) is 5.74. The molecule has 0 spiro atoms. The van der Waals surface area contributed by atoms with Crippen molar-refractivity contribution in [1.82, 2.24) is 10.2 Å². The predicted octanol–water partition coefficient (Wildman–Crippen LogP) is 3.16. The van der Waals surface area contributed by atoms with Gasteiger partial charge in [-0.2, -0.15) is 0 Å². The fourth-order valence-electron chi connectivity index (χ4n) is 2.44. The number of carbonyl (C=O) groups excluding carboxylic acids is 1. The van der Waals surface area contributed by atoms with Gasteiger partial charge >= 0.3 is 0 Å². The molecule has 1 aliphatic rings. The van der Waals surface area contributed by atoms with Crippen LogP contribution in [0.4, 0.5) is 0 Å². The van der Waals surface area contributed by atoms with Gasteiger partial charge in [0.25, 0.3) is 0 Å². The van der Waals surface area contributed by atoms with E-state index < -0.39 is 0 Å². The van der Waals surface area contributed by atoms with Gasteiger partial charge in [-0.05, 0) is 41.4 Å². The van der Waals surface area contributed by atoms with E-state index in [4.69, 9.17) is 4.74 Å². The highest BCUT2D eigenvalue weighted by atomic mass is 79.9. The molecule has 2 rings (SSSR count). The van der Waals surface area contributed by atoms with Gasteiger partial charge < -0.3 is 10.1 Å². The van der Waals surface area contributed by atoms with Gasteiger partial charge in [-0.15, -0.1) is 11.8 Å². The highest BCUT2D eigenvalue weighted by molar-refractivity contribution is 9.10. The summed E-state index contributed by atoms with van der Waals surface area (Å²) >= 11 is 5.24. The van der Waals surface area contributed by atoms with Crippen LogP contribution in [-0.2, 0) is 9.53 Å². The Kier molecular flexibility index (Phi) is 8.44.